The highest BCUT2D eigenvalue weighted by Crippen LogP contribution is 2.24. The zero-order valence-electron chi connectivity index (χ0n) is 20.3. The largest absolute Gasteiger partial charge is 0.494 e. The van der Waals surface area contributed by atoms with Gasteiger partial charge in [-0.25, -0.2) is 9.59 Å². The van der Waals surface area contributed by atoms with E-state index >= 15 is 0 Å². The van der Waals surface area contributed by atoms with Crippen molar-refractivity contribution in [2.75, 3.05) is 13.2 Å². The van der Waals surface area contributed by atoms with Crippen molar-refractivity contribution in [1.82, 2.24) is 15.2 Å². The van der Waals surface area contributed by atoms with E-state index in [0.29, 0.717) is 12.2 Å². The second-order valence-corrected chi connectivity index (χ2v) is 8.59. The van der Waals surface area contributed by atoms with Gasteiger partial charge in [0.25, 0.3) is 5.91 Å². The number of nitrogens with zero attached hydrogens (tertiary/aromatic N) is 2. The van der Waals surface area contributed by atoms with Gasteiger partial charge in [0.15, 0.2) is 6.61 Å². The van der Waals surface area contributed by atoms with E-state index in [1.165, 1.54) is 6.08 Å². The molecule has 2 N–H and O–H groups in total. The van der Waals surface area contributed by atoms with E-state index in [-0.39, 0.29) is 5.57 Å². The lowest BCUT2D eigenvalue weighted by molar-refractivity contribution is -0.144. The van der Waals surface area contributed by atoms with Gasteiger partial charge in [-0.2, -0.15) is 5.26 Å². The van der Waals surface area contributed by atoms with Crippen molar-refractivity contribution in [3.8, 4) is 17.5 Å². The lowest BCUT2D eigenvalue weighted by atomic mass is 10.1. The molecule has 0 saturated carbocycles. The number of urea groups is 1. The molecule has 0 saturated heterocycles. The van der Waals surface area contributed by atoms with E-state index in [1.54, 1.807) is 20.8 Å². The molecular weight excluding hydrogens is 436 g/mol. The zero-order chi connectivity index (χ0) is 25.5. The van der Waals surface area contributed by atoms with Crippen LogP contribution in [-0.2, 0) is 14.3 Å². The van der Waals surface area contributed by atoms with Gasteiger partial charge in [0.1, 0.15) is 17.4 Å². The summed E-state index contributed by atoms with van der Waals surface area (Å²) in [5.41, 5.74) is 2.49. The number of benzene rings is 1. The summed E-state index contributed by atoms with van der Waals surface area (Å²) in [6.07, 6.45) is 1.42. The molecule has 0 unspecified atom stereocenters. The van der Waals surface area contributed by atoms with Crippen molar-refractivity contribution in [3.05, 3.63) is 52.9 Å². The molecule has 0 radical (unpaired) electrons. The van der Waals surface area contributed by atoms with Crippen LogP contribution in [0.2, 0.25) is 0 Å². The first kappa shape index (κ1) is 26.2. The number of imide groups is 1. The summed E-state index contributed by atoms with van der Waals surface area (Å²) < 4.78 is 12.4. The van der Waals surface area contributed by atoms with Gasteiger partial charge in [-0.05, 0) is 83.5 Å². The molecule has 3 amide bonds. The van der Waals surface area contributed by atoms with Crippen LogP contribution in [0.15, 0.2) is 35.9 Å². The standard InChI is InChI=1S/C25H30N4O5/c1-7-33-21-10-8-20(9-11-21)29-16(2)12-18(17(29)3)13-19(14-26)23(31)34-15-22(30)27-24(32)28-25(4,5)6/h8-13H,7,15H2,1-6H3,(H2,27,28,30,32)/b19-13+. The number of carbonyl (C=O) groups is 3. The van der Waals surface area contributed by atoms with Gasteiger partial charge < -0.3 is 19.4 Å². The Morgan fingerprint density at radius 3 is 2.35 bits per heavy atom. The number of hydrogen-bond donors (Lipinski definition) is 2. The van der Waals surface area contributed by atoms with Crippen LogP contribution < -0.4 is 15.4 Å². The molecule has 180 valence electrons. The quantitative estimate of drug-likeness (QED) is 0.365. The van der Waals surface area contributed by atoms with Crippen LogP contribution in [0.25, 0.3) is 11.8 Å². The zero-order valence-corrected chi connectivity index (χ0v) is 20.3. The Kier molecular flexibility index (Phi) is 8.62. The molecule has 1 heterocycles. The highest BCUT2D eigenvalue weighted by Gasteiger charge is 2.19. The number of nitrogens with one attached hydrogen (secondary N) is 2. The summed E-state index contributed by atoms with van der Waals surface area (Å²) in [7, 11) is 0. The lowest BCUT2D eigenvalue weighted by Gasteiger charge is -2.20. The average Bonchev–Trinajstić information content (AvgIpc) is 3.02. The number of nitriles is 1. The molecule has 1 aromatic carbocycles. The molecule has 0 atom stereocenters. The Morgan fingerprint density at radius 1 is 1.15 bits per heavy atom. The van der Waals surface area contributed by atoms with E-state index in [0.717, 1.165) is 22.8 Å². The Bertz CT molecular complexity index is 1130. The SMILES string of the molecule is CCOc1ccc(-n2c(C)cc(/C=C(\C#N)C(=O)OCC(=O)NC(=O)NC(C)(C)C)c2C)cc1. The van der Waals surface area contributed by atoms with Crippen molar-refractivity contribution in [3.63, 3.8) is 0 Å². The smallest absolute Gasteiger partial charge is 0.349 e. The number of carbonyl (C=O) groups excluding carboxylic acids is 3. The van der Waals surface area contributed by atoms with Crippen LogP contribution in [0.3, 0.4) is 0 Å². The molecule has 0 spiro atoms. The third-order valence-electron chi connectivity index (χ3n) is 4.59. The van der Waals surface area contributed by atoms with E-state index in [1.807, 2.05) is 61.7 Å². The maximum absolute atomic E-state index is 12.4. The number of hydrogen-bond acceptors (Lipinski definition) is 6. The first-order valence-electron chi connectivity index (χ1n) is 10.8. The summed E-state index contributed by atoms with van der Waals surface area (Å²) in [4.78, 5) is 36.0. The Labute approximate surface area is 199 Å². The van der Waals surface area contributed by atoms with Crippen molar-refractivity contribution < 1.29 is 23.9 Å². The second kappa shape index (κ2) is 11.2. The van der Waals surface area contributed by atoms with Crippen molar-refractivity contribution in [2.24, 2.45) is 0 Å². The number of amides is 3. The van der Waals surface area contributed by atoms with Gasteiger partial charge in [-0.15, -0.1) is 0 Å². The minimum atomic E-state index is -0.959. The maximum atomic E-state index is 12.4. The van der Waals surface area contributed by atoms with Crippen LogP contribution >= 0.6 is 0 Å². The number of aromatic nitrogens is 1. The minimum Gasteiger partial charge on any atom is -0.494 e. The monoisotopic (exact) mass is 466 g/mol. The number of aryl methyl sites for hydroxylation is 1. The summed E-state index contributed by atoms with van der Waals surface area (Å²) in [6, 6.07) is 10.5. The van der Waals surface area contributed by atoms with Crippen LogP contribution in [0.1, 0.15) is 44.6 Å². The van der Waals surface area contributed by atoms with Gasteiger partial charge in [-0.3, -0.25) is 10.1 Å². The van der Waals surface area contributed by atoms with Gasteiger partial charge in [0, 0.05) is 22.6 Å². The highest BCUT2D eigenvalue weighted by molar-refractivity contribution is 6.00. The van der Waals surface area contributed by atoms with Crippen LogP contribution in [0, 0.1) is 25.2 Å². The molecule has 0 aliphatic carbocycles. The van der Waals surface area contributed by atoms with Crippen molar-refractivity contribution in [2.45, 2.75) is 47.1 Å². The minimum absolute atomic E-state index is 0.265. The van der Waals surface area contributed by atoms with E-state index in [9.17, 15) is 19.6 Å². The van der Waals surface area contributed by atoms with Gasteiger partial charge in [-0.1, -0.05) is 0 Å². The molecule has 0 aliphatic rings. The van der Waals surface area contributed by atoms with Gasteiger partial charge in [0.2, 0.25) is 0 Å². The molecule has 34 heavy (non-hydrogen) atoms. The first-order chi connectivity index (χ1) is 15.9. The average molecular weight is 467 g/mol. The molecule has 2 rings (SSSR count). The van der Waals surface area contributed by atoms with Gasteiger partial charge in [0.05, 0.1) is 6.61 Å². The first-order valence-corrected chi connectivity index (χ1v) is 10.8. The van der Waals surface area contributed by atoms with E-state index < -0.39 is 30.1 Å². The summed E-state index contributed by atoms with van der Waals surface area (Å²) in [6.45, 7) is 10.9. The van der Waals surface area contributed by atoms with Crippen LogP contribution in [0.4, 0.5) is 4.79 Å². The third kappa shape index (κ3) is 7.24. The number of esters is 1. The molecular formula is C25H30N4O5. The van der Waals surface area contributed by atoms with Crippen molar-refractivity contribution >= 4 is 24.0 Å². The number of rotatable bonds is 7. The highest BCUT2D eigenvalue weighted by atomic mass is 16.5. The molecule has 0 aliphatic heterocycles. The summed E-state index contributed by atoms with van der Waals surface area (Å²) >= 11 is 0. The van der Waals surface area contributed by atoms with Crippen LogP contribution in [-0.4, -0.2) is 41.2 Å². The fraction of sp³-hybridized carbons (Fsp3) is 0.360. The molecule has 1 aromatic heterocycles. The van der Waals surface area contributed by atoms with Gasteiger partial charge >= 0.3 is 12.0 Å². The normalized spacial score (nSPS) is 11.4. The second-order valence-electron chi connectivity index (χ2n) is 8.59. The number of ether oxygens (including phenoxy) is 2. The maximum Gasteiger partial charge on any atom is 0.349 e. The Morgan fingerprint density at radius 2 is 1.79 bits per heavy atom. The summed E-state index contributed by atoms with van der Waals surface area (Å²) in [5.74, 6) is -0.996. The lowest BCUT2D eigenvalue weighted by Crippen LogP contribution is -2.49. The molecule has 2 aromatic rings. The third-order valence-corrected chi connectivity index (χ3v) is 4.59. The molecule has 0 bridgehead atoms. The fourth-order valence-corrected chi connectivity index (χ4v) is 3.22. The fourth-order valence-electron chi connectivity index (χ4n) is 3.22. The molecule has 9 heteroatoms. The molecule has 9 nitrogen and oxygen atoms in total. The van der Waals surface area contributed by atoms with Crippen LogP contribution in [0.5, 0.6) is 5.75 Å². The summed E-state index contributed by atoms with van der Waals surface area (Å²) in [5, 5.41) is 14.1. The topological polar surface area (TPSA) is 122 Å². The Hall–Kier alpha value is -4.06. The van der Waals surface area contributed by atoms with E-state index in [4.69, 9.17) is 9.47 Å². The predicted molar refractivity (Wildman–Crippen MR) is 127 cm³/mol. The van der Waals surface area contributed by atoms with Crippen molar-refractivity contribution in [1.29, 1.82) is 5.26 Å². The van der Waals surface area contributed by atoms with E-state index in [2.05, 4.69) is 10.6 Å². The predicted octanol–water partition coefficient (Wildman–Crippen LogP) is 3.57. The Balaban J connectivity index is 2.12. The molecule has 0 fully saturated rings.